The summed E-state index contributed by atoms with van der Waals surface area (Å²) in [5.74, 6) is -1.68. The van der Waals surface area contributed by atoms with Gasteiger partial charge in [-0.3, -0.25) is 0 Å². The van der Waals surface area contributed by atoms with E-state index in [2.05, 4.69) is 14.7 Å². The number of nitriles is 1. The molecule has 0 bridgehead atoms. The predicted molar refractivity (Wildman–Crippen MR) is 58.7 cm³/mol. The number of aromatic nitrogens is 2. The summed E-state index contributed by atoms with van der Waals surface area (Å²) in [5.41, 5.74) is 0.0906. The molecule has 2 aromatic rings. The van der Waals surface area contributed by atoms with E-state index in [1.807, 2.05) is 0 Å². The van der Waals surface area contributed by atoms with Gasteiger partial charge < -0.3 is 4.74 Å². The third-order valence-corrected chi connectivity index (χ3v) is 2.27. The van der Waals surface area contributed by atoms with Gasteiger partial charge in [-0.15, -0.1) is 0 Å². The van der Waals surface area contributed by atoms with Gasteiger partial charge in [0.05, 0.1) is 12.8 Å². The van der Waals surface area contributed by atoms with Crippen molar-refractivity contribution in [1.82, 2.24) is 9.97 Å². The van der Waals surface area contributed by atoms with Crippen LogP contribution in [-0.2, 0) is 0 Å². The van der Waals surface area contributed by atoms with E-state index in [1.54, 1.807) is 6.07 Å². The zero-order valence-corrected chi connectivity index (χ0v) is 9.32. The fourth-order valence-electron chi connectivity index (χ4n) is 1.44. The molecule has 18 heavy (non-hydrogen) atoms. The molecule has 0 saturated heterocycles. The van der Waals surface area contributed by atoms with Crippen molar-refractivity contribution in [2.45, 2.75) is 0 Å². The normalized spacial score (nSPS) is 9.89. The molecule has 0 N–H and O–H groups in total. The minimum absolute atomic E-state index is 0.0489. The zero-order chi connectivity index (χ0) is 13.1. The third kappa shape index (κ3) is 2.11. The molecule has 0 atom stereocenters. The van der Waals surface area contributed by atoms with Crippen LogP contribution in [0.5, 0.6) is 5.75 Å². The second-order valence-electron chi connectivity index (χ2n) is 3.34. The highest BCUT2D eigenvalue weighted by Crippen LogP contribution is 2.27. The zero-order valence-electron chi connectivity index (χ0n) is 9.32. The Bertz CT molecular complexity index is 638. The first-order valence-electron chi connectivity index (χ1n) is 4.92. The standard InChI is InChI=1S/C12H7F2N3O/c1-18-11-5-8(13)7(4-9(11)14)10-2-3-16-12(6-15)17-10/h2-5H,1H3. The van der Waals surface area contributed by atoms with Crippen molar-refractivity contribution < 1.29 is 13.5 Å². The molecule has 4 nitrogen and oxygen atoms in total. The van der Waals surface area contributed by atoms with Crippen LogP contribution in [0.2, 0.25) is 0 Å². The van der Waals surface area contributed by atoms with Crippen LogP contribution in [0.25, 0.3) is 11.3 Å². The Morgan fingerprint density at radius 2 is 2.06 bits per heavy atom. The summed E-state index contributed by atoms with van der Waals surface area (Å²) >= 11 is 0. The molecule has 0 unspecified atom stereocenters. The predicted octanol–water partition coefficient (Wildman–Crippen LogP) is 2.30. The molecule has 0 aliphatic carbocycles. The molecule has 0 aliphatic heterocycles. The Labute approximate surface area is 101 Å². The first kappa shape index (κ1) is 11.9. The lowest BCUT2D eigenvalue weighted by Crippen LogP contribution is -1.96. The average Bonchev–Trinajstić information content (AvgIpc) is 2.41. The molecule has 90 valence electrons. The van der Waals surface area contributed by atoms with Crippen LogP contribution >= 0.6 is 0 Å². The van der Waals surface area contributed by atoms with Gasteiger partial charge in [0.25, 0.3) is 0 Å². The van der Waals surface area contributed by atoms with Gasteiger partial charge in [-0.2, -0.15) is 5.26 Å². The molecule has 1 heterocycles. The second-order valence-corrected chi connectivity index (χ2v) is 3.34. The molecule has 1 aromatic heterocycles. The molecule has 0 radical (unpaired) electrons. The maximum Gasteiger partial charge on any atom is 0.232 e. The Morgan fingerprint density at radius 1 is 1.28 bits per heavy atom. The number of nitrogens with zero attached hydrogens (tertiary/aromatic N) is 3. The lowest BCUT2D eigenvalue weighted by atomic mass is 10.1. The molecule has 6 heteroatoms. The third-order valence-electron chi connectivity index (χ3n) is 2.27. The van der Waals surface area contributed by atoms with Crippen LogP contribution in [0.3, 0.4) is 0 Å². The van der Waals surface area contributed by atoms with Crippen LogP contribution < -0.4 is 4.74 Å². The SMILES string of the molecule is COc1cc(F)c(-c2ccnc(C#N)n2)cc1F. The van der Waals surface area contributed by atoms with Gasteiger partial charge >= 0.3 is 0 Å². The highest BCUT2D eigenvalue weighted by molar-refractivity contribution is 5.61. The number of ether oxygens (including phenoxy) is 1. The van der Waals surface area contributed by atoms with E-state index < -0.39 is 11.6 Å². The van der Waals surface area contributed by atoms with Gasteiger partial charge in [0.1, 0.15) is 11.9 Å². The van der Waals surface area contributed by atoms with E-state index >= 15 is 0 Å². The minimum atomic E-state index is -0.703. The number of rotatable bonds is 2. The minimum Gasteiger partial charge on any atom is -0.494 e. The van der Waals surface area contributed by atoms with E-state index in [0.717, 1.165) is 12.1 Å². The summed E-state index contributed by atoms with van der Waals surface area (Å²) in [6, 6.07) is 5.02. The van der Waals surface area contributed by atoms with Crippen molar-refractivity contribution in [3.63, 3.8) is 0 Å². The number of benzene rings is 1. The van der Waals surface area contributed by atoms with Crippen molar-refractivity contribution in [3.8, 4) is 23.1 Å². The first-order chi connectivity index (χ1) is 8.65. The van der Waals surface area contributed by atoms with Crippen LogP contribution in [0.4, 0.5) is 8.78 Å². The fourth-order valence-corrected chi connectivity index (χ4v) is 1.44. The Hall–Kier alpha value is -2.55. The highest BCUT2D eigenvalue weighted by atomic mass is 19.1. The second kappa shape index (κ2) is 4.75. The maximum absolute atomic E-state index is 13.7. The van der Waals surface area contributed by atoms with Crippen molar-refractivity contribution in [2.24, 2.45) is 0 Å². The van der Waals surface area contributed by atoms with Crippen molar-refractivity contribution in [1.29, 1.82) is 5.26 Å². The molecule has 0 fully saturated rings. The van der Waals surface area contributed by atoms with E-state index in [9.17, 15) is 8.78 Å². The van der Waals surface area contributed by atoms with Gasteiger partial charge in [0.15, 0.2) is 11.6 Å². The summed E-state index contributed by atoms with van der Waals surface area (Å²) in [6.07, 6.45) is 1.31. The summed E-state index contributed by atoms with van der Waals surface area (Å²) in [4.78, 5) is 7.46. The molecule has 0 amide bonds. The molecule has 2 rings (SSSR count). The topological polar surface area (TPSA) is 58.8 Å². The van der Waals surface area contributed by atoms with Crippen molar-refractivity contribution in [2.75, 3.05) is 7.11 Å². The number of methoxy groups -OCH3 is 1. The molecule has 0 saturated carbocycles. The Morgan fingerprint density at radius 3 is 2.72 bits per heavy atom. The molecule has 0 aliphatic rings. The summed E-state index contributed by atoms with van der Waals surface area (Å²) < 4.78 is 31.9. The number of hydrogen-bond donors (Lipinski definition) is 0. The van der Waals surface area contributed by atoms with Gasteiger partial charge in [-0.05, 0) is 12.1 Å². The summed E-state index contributed by atoms with van der Waals surface area (Å²) in [5, 5.41) is 8.65. The first-order valence-corrected chi connectivity index (χ1v) is 4.92. The molecular formula is C12H7F2N3O. The lowest BCUT2D eigenvalue weighted by Gasteiger charge is -2.06. The quantitative estimate of drug-likeness (QED) is 0.817. The monoisotopic (exact) mass is 247 g/mol. The number of halogens is 2. The van der Waals surface area contributed by atoms with Crippen LogP contribution in [0.1, 0.15) is 5.82 Å². The van der Waals surface area contributed by atoms with E-state index in [4.69, 9.17) is 5.26 Å². The van der Waals surface area contributed by atoms with Crippen LogP contribution in [0, 0.1) is 23.0 Å². The number of hydrogen-bond acceptors (Lipinski definition) is 4. The van der Waals surface area contributed by atoms with E-state index in [1.165, 1.54) is 19.4 Å². The van der Waals surface area contributed by atoms with Crippen LogP contribution in [-0.4, -0.2) is 17.1 Å². The van der Waals surface area contributed by atoms with Crippen LogP contribution in [0.15, 0.2) is 24.4 Å². The Balaban J connectivity index is 2.57. The van der Waals surface area contributed by atoms with Crippen molar-refractivity contribution >= 4 is 0 Å². The maximum atomic E-state index is 13.7. The smallest absolute Gasteiger partial charge is 0.232 e. The molecule has 0 spiro atoms. The highest BCUT2D eigenvalue weighted by Gasteiger charge is 2.13. The molecule has 1 aromatic carbocycles. The van der Waals surface area contributed by atoms with E-state index in [0.29, 0.717) is 0 Å². The lowest BCUT2D eigenvalue weighted by molar-refractivity contribution is 0.383. The molecular weight excluding hydrogens is 240 g/mol. The van der Waals surface area contributed by atoms with Gasteiger partial charge in [0.2, 0.25) is 5.82 Å². The van der Waals surface area contributed by atoms with Gasteiger partial charge in [-0.1, -0.05) is 0 Å². The Kier molecular flexibility index (Phi) is 3.15. The van der Waals surface area contributed by atoms with Gasteiger partial charge in [0, 0.05) is 17.8 Å². The summed E-state index contributed by atoms with van der Waals surface area (Å²) in [6.45, 7) is 0. The van der Waals surface area contributed by atoms with Gasteiger partial charge in [-0.25, -0.2) is 18.7 Å². The van der Waals surface area contributed by atoms with Crippen molar-refractivity contribution in [3.05, 3.63) is 41.9 Å². The average molecular weight is 247 g/mol. The van der Waals surface area contributed by atoms with E-state index in [-0.39, 0.29) is 22.8 Å². The summed E-state index contributed by atoms with van der Waals surface area (Å²) in [7, 11) is 1.25. The largest absolute Gasteiger partial charge is 0.494 e. The fraction of sp³-hybridized carbons (Fsp3) is 0.0833.